The number of rotatable bonds is 10. The van der Waals surface area contributed by atoms with Crippen molar-refractivity contribution in [3.05, 3.63) is 0 Å². The molecule has 0 saturated heterocycles. The van der Waals surface area contributed by atoms with Gasteiger partial charge in [-0.1, -0.05) is 46.0 Å². The Balaban J connectivity index is 3.72. The van der Waals surface area contributed by atoms with E-state index in [9.17, 15) is 9.59 Å². The highest BCUT2D eigenvalue weighted by Crippen LogP contribution is 2.12. The highest BCUT2D eigenvalue weighted by atomic mass is 16.1. The van der Waals surface area contributed by atoms with Crippen LogP contribution in [0.3, 0.4) is 0 Å². The molecule has 0 bridgehead atoms. The fourth-order valence-corrected chi connectivity index (χ4v) is 1.65. The van der Waals surface area contributed by atoms with E-state index in [1.807, 2.05) is 0 Å². The van der Waals surface area contributed by atoms with Crippen LogP contribution >= 0.6 is 0 Å². The fraction of sp³-hybridized carbons (Fsp3) is 0.846. The zero-order chi connectivity index (χ0) is 11.5. The molecule has 0 N–H and O–H groups in total. The Labute approximate surface area is 93.4 Å². The van der Waals surface area contributed by atoms with E-state index >= 15 is 0 Å². The molecule has 0 saturated carbocycles. The molecule has 0 aromatic carbocycles. The van der Waals surface area contributed by atoms with Crippen molar-refractivity contribution in [2.45, 2.75) is 65.2 Å². The Kier molecular flexibility index (Phi) is 9.44. The molecule has 0 spiro atoms. The number of hydrogen-bond donors (Lipinski definition) is 0. The number of carbonyl (C=O) groups excluding carboxylic acids is 2. The Morgan fingerprint density at radius 1 is 1.07 bits per heavy atom. The van der Waals surface area contributed by atoms with Crippen LogP contribution in [0.15, 0.2) is 0 Å². The molecule has 0 heterocycles. The first-order chi connectivity index (χ1) is 7.26. The first-order valence-electron chi connectivity index (χ1n) is 6.24. The number of carbonyl (C=O) groups is 2. The van der Waals surface area contributed by atoms with E-state index in [0.29, 0.717) is 6.42 Å². The second-order valence-electron chi connectivity index (χ2n) is 4.16. The maximum atomic E-state index is 11.6. The largest absolute Gasteiger partial charge is 0.303 e. The Bertz CT molecular complexity index is 175. The summed E-state index contributed by atoms with van der Waals surface area (Å²) in [4.78, 5) is 22.4. The molecule has 0 radical (unpaired) electrons. The first-order valence-corrected chi connectivity index (χ1v) is 6.24. The topological polar surface area (TPSA) is 34.1 Å². The highest BCUT2D eigenvalue weighted by Gasteiger charge is 2.15. The smallest absolute Gasteiger partial charge is 0.143 e. The van der Waals surface area contributed by atoms with Gasteiger partial charge in [0.05, 0.1) is 5.92 Å². The van der Waals surface area contributed by atoms with Gasteiger partial charge in [0, 0.05) is 6.42 Å². The molecule has 0 aromatic rings. The van der Waals surface area contributed by atoms with Crippen LogP contribution in [0.2, 0.25) is 0 Å². The Morgan fingerprint density at radius 3 is 2.20 bits per heavy atom. The van der Waals surface area contributed by atoms with Crippen molar-refractivity contribution in [3.63, 3.8) is 0 Å². The summed E-state index contributed by atoms with van der Waals surface area (Å²) >= 11 is 0. The van der Waals surface area contributed by atoms with E-state index in [0.717, 1.165) is 51.2 Å². The van der Waals surface area contributed by atoms with Gasteiger partial charge in [-0.3, -0.25) is 4.79 Å². The average molecular weight is 212 g/mol. The molecule has 0 aliphatic rings. The van der Waals surface area contributed by atoms with Crippen LogP contribution in [0.4, 0.5) is 0 Å². The highest BCUT2D eigenvalue weighted by molar-refractivity contribution is 5.93. The maximum Gasteiger partial charge on any atom is 0.143 e. The zero-order valence-electron chi connectivity index (χ0n) is 10.1. The molecule has 15 heavy (non-hydrogen) atoms. The van der Waals surface area contributed by atoms with Gasteiger partial charge in [0.25, 0.3) is 0 Å². The lowest BCUT2D eigenvalue weighted by Gasteiger charge is -2.08. The van der Waals surface area contributed by atoms with Crippen LogP contribution in [-0.4, -0.2) is 12.1 Å². The summed E-state index contributed by atoms with van der Waals surface area (Å²) < 4.78 is 0. The average Bonchev–Trinajstić information content (AvgIpc) is 2.24. The predicted octanol–water partition coefficient (Wildman–Crippen LogP) is 3.53. The molecule has 1 atom stereocenters. The lowest BCUT2D eigenvalue weighted by Crippen LogP contribution is -2.15. The van der Waals surface area contributed by atoms with E-state index in [-0.39, 0.29) is 11.7 Å². The summed E-state index contributed by atoms with van der Waals surface area (Å²) in [5.74, 6) is -0.178. The minimum absolute atomic E-state index is 0.148. The minimum atomic E-state index is -0.326. The third-order valence-electron chi connectivity index (χ3n) is 2.72. The molecule has 88 valence electrons. The summed E-state index contributed by atoms with van der Waals surface area (Å²) in [7, 11) is 0. The Hall–Kier alpha value is -0.660. The van der Waals surface area contributed by atoms with Crippen LogP contribution in [0.25, 0.3) is 0 Å². The van der Waals surface area contributed by atoms with Crippen molar-refractivity contribution in [2.75, 3.05) is 0 Å². The van der Waals surface area contributed by atoms with Crippen molar-refractivity contribution >= 4 is 12.1 Å². The summed E-state index contributed by atoms with van der Waals surface area (Å²) in [6.45, 7) is 4.24. The van der Waals surface area contributed by atoms with Crippen LogP contribution < -0.4 is 0 Å². The molecular weight excluding hydrogens is 188 g/mol. The van der Waals surface area contributed by atoms with E-state index in [2.05, 4.69) is 13.8 Å². The SMILES string of the molecule is CCCCCC(=O)C(C=O)CCCCC. The quantitative estimate of drug-likeness (QED) is 0.315. The zero-order valence-corrected chi connectivity index (χ0v) is 10.1. The van der Waals surface area contributed by atoms with E-state index < -0.39 is 0 Å². The standard InChI is InChI=1S/C13H24O2/c1-3-5-7-9-12(11-14)13(15)10-8-6-4-2/h11-12H,3-10H2,1-2H3. The molecule has 0 aliphatic carbocycles. The molecule has 0 fully saturated rings. The van der Waals surface area contributed by atoms with Gasteiger partial charge in [0.15, 0.2) is 0 Å². The molecule has 1 unspecified atom stereocenters. The molecule has 2 heteroatoms. The van der Waals surface area contributed by atoms with E-state index in [4.69, 9.17) is 0 Å². The van der Waals surface area contributed by atoms with Gasteiger partial charge in [-0.25, -0.2) is 0 Å². The van der Waals surface area contributed by atoms with Gasteiger partial charge in [0.2, 0.25) is 0 Å². The van der Waals surface area contributed by atoms with Gasteiger partial charge in [-0.2, -0.15) is 0 Å². The van der Waals surface area contributed by atoms with Crippen LogP contribution in [0.1, 0.15) is 65.2 Å². The molecular formula is C13H24O2. The van der Waals surface area contributed by atoms with E-state index in [1.165, 1.54) is 0 Å². The molecule has 0 rings (SSSR count). The van der Waals surface area contributed by atoms with Crippen LogP contribution in [-0.2, 0) is 9.59 Å². The monoisotopic (exact) mass is 212 g/mol. The van der Waals surface area contributed by atoms with Crippen molar-refractivity contribution in [1.82, 2.24) is 0 Å². The molecule has 2 nitrogen and oxygen atoms in total. The molecule has 0 amide bonds. The number of aldehydes is 1. The number of ketones is 1. The fourth-order valence-electron chi connectivity index (χ4n) is 1.65. The first kappa shape index (κ1) is 14.3. The molecule has 0 aromatic heterocycles. The van der Waals surface area contributed by atoms with Crippen molar-refractivity contribution < 1.29 is 9.59 Å². The summed E-state index contributed by atoms with van der Waals surface area (Å²) in [5.41, 5.74) is 0. The van der Waals surface area contributed by atoms with Crippen molar-refractivity contribution in [1.29, 1.82) is 0 Å². The van der Waals surface area contributed by atoms with Crippen molar-refractivity contribution in [2.24, 2.45) is 5.92 Å². The van der Waals surface area contributed by atoms with Gasteiger partial charge < -0.3 is 4.79 Å². The number of Topliss-reactive ketones (excluding diaryl/α,β-unsaturated/α-hetero) is 1. The second kappa shape index (κ2) is 9.88. The summed E-state index contributed by atoms with van der Waals surface area (Å²) in [6, 6.07) is 0. The Morgan fingerprint density at radius 2 is 1.67 bits per heavy atom. The summed E-state index contributed by atoms with van der Waals surface area (Å²) in [6.07, 6.45) is 8.58. The lowest BCUT2D eigenvalue weighted by molar-refractivity contribution is -0.127. The van der Waals surface area contributed by atoms with Gasteiger partial charge in [0.1, 0.15) is 12.1 Å². The summed E-state index contributed by atoms with van der Waals surface area (Å²) in [5, 5.41) is 0. The number of unbranched alkanes of at least 4 members (excludes halogenated alkanes) is 4. The van der Waals surface area contributed by atoms with Crippen molar-refractivity contribution in [3.8, 4) is 0 Å². The van der Waals surface area contributed by atoms with Crippen LogP contribution in [0, 0.1) is 5.92 Å². The number of hydrogen-bond acceptors (Lipinski definition) is 2. The third kappa shape index (κ3) is 7.29. The van der Waals surface area contributed by atoms with E-state index in [1.54, 1.807) is 0 Å². The van der Waals surface area contributed by atoms with Gasteiger partial charge >= 0.3 is 0 Å². The van der Waals surface area contributed by atoms with Gasteiger partial charge in [-0.05, 0) is 12.8 Å². The lowest BCUT2D eigenvalue weighted by atomic mass is 9.95. The van der Waals surface area contributed by atoms with Gasteiger partial charge in [-0.15, -0.1) is 0 Å². The third-order valence-corrected chi connectivity index (χ3v) is 2.72. The maximum absolute atomic E-state index is 11.6. The molecule has 0 aliphatic heterocycles. The predicted molar refractivity (Wildman–Crippen MR) is 62.8 cm³/mol. The minimum Gasteiger partial charge on any atom is -0.303 e. The van der Waals surface area contributed by atoms with Crippen LogP contribution in [0.5, 0.6) is 0 Å². The normalized spacial score (nSPS) is 12.4. The second-order valence-corrected chi connectivity index (χ2v) is 4.16.